The summed E-state index contributed by atoms with van der Waals surface area (Å²) in [5.41, 5.74) is 1.79. The van der Waals surface area contributed by atoms with E-state index in [0.29, 0.717) is 12.2 Å². The van der Waals surface area contributed by atoms with E-state index in [1.54, 1.807) is 20.8 Å². The van der Waals surface area contributed by atoms with Crippen LogP contribution in [-0.4, -0.2) is 32.9 Å². The van der Waals surface area contributed by atoms with E-state index < -0.39 is 28.7 Å². The van der Waals surface area contributed by atoms with Crippen molar-refractivity contribution in [3.05, 3.63) is 53.1 Å². The third kappa shape index (κ3) is 4.37. The maximum atomic E-state index is 13.2. The number of aromatic amines is 1. The molecule has 1 heterocycles. The predicted octanol–water partition coefficient (Wildman–Crippen LogP) is 2.99. The Morgan fingerprint density at radius 1 is 1.13 bits per heavy atom. The first-order chi connectivity index (χ1) is 14.1. The van der Waals surface area contributed by atoms with Crippen molar-refractivity contribution in [2.45, 2.75) is 59.3 Å². The topological polar surface area (TPSA) is 121 Å². The number of carbonyl (C=O) groups excluding carboxylic acids is 2. The van der Waals surface area contributed by atoms with Crippen molar-refractivity contribution in [3.63, 3.8) is 0 Å². The molecule has 0 aliphatic rings. The van der Waals surface area contributed by atoms with Gasteiger partial charge in [-0.05, 0) is 45.6 Å². The molecule has 0 bridgehead atoms. The van der Waals surface area contributed by atoms with Crippen LogP contribution in [0, 0.1) is 19.3 Å². The number of hydroxylamine groups is 1. The molecule has 0 fully saturated rings. The summed E-state index contributed by atoms with van der Waals surface area (Å²) < 4.78 is 0. The zero-order valence-electron chi connectivity index (χ0n) is 18.0. The van der Waals surface area contributed by atoms with E-state index in [-0.39, 0.29) is 12.8 Å². The Morgan fingerprint density at radius 3 is 2.20 bits per heavy atom. The van der Waals surface area contributed by atoms with E-state index in [9.17, 15) is 19.5 Å². The Hall–Kier alpha value is -3.16. The molecule has 1 amide bonds. The standard InChI is InChI=1S/C22H29N3O5/c1-6-22(7-2,19(27)28)20(29)30-25-18(26)21(5,13-16-11-9-8-10-12-16)17-23-14(3)15(4)24-17/h8-12H,6-7,13H2,1-5H3,(H,23,24)(H,25,26)(H,27,28). The van der Waals surface area contributed by atoms with Gasteiger partial charge >= 0.3 is 11.9 Å². The Kier molecular flexibility index (Phi) is 7.02. The molecule has 3 N–H and O–H groups in total. The Bertz CT molecular complexity index is 899. The van der Waals surface area contributed by atoms with E-state index in [1.165, 1.54) is 0 Å². The van der Waals surface area contributed by atoms with Crippen molar-refractivity contribution in [3.8, 4) is 0 Å². The molecular formula is C22H29N3O5. The number of hydrogen-bond acceptors (Lipinski definition) is 5. The monoisotopic (exact) mass is 415 g/mol. The summed E-state index contributed by atoms with van der Waals surface area (Å²) in [5.74, 6) is -2.44. The quantitative estimate of drug-likeness (QED) is 0.450. The lowest BCUT2D eigenvalue weighted by Gasteiger charge is -2.28. The van der Waals surface area contributed by atoms with Gasteiger partial charge in [0.1, 0.15) is 11.2 Å². The van der Waals surface area contributed by atoms with Gasteiger partial charge in [-0.1, -0.05) is 44.2 Å². The molecular weight excluding hydrogens is 386 g/mol. The van der Waals surface area contributed by atoms with Crippen LogP contribution in [0.15, 0.2) is 30.3 Å². The molecule has 0 saturated carbocycles. The number of rotatable bonds is 8. The minimum atomic E-state index is -1.71. The lowest BCUT2D eigenvalue weighted by molar-refractivity contribution is -0.178. The second-order valence-electron chi connectivity index (χ2n) is 7.71. The zero-order valence-corrected chi connectivity index (χ0v) is 18.0. The van der Waals surface area contributed by atoms with E-state index >= 15 is 0 Å². The van der Waals surface area contributed by atoms with Gasteiger partial charge in [0.2, 0.25) is 0 Å². The number of aliphatic carboxylic acids is 1. The third-order valence-corrected chi connectivity index (χ3v) is 5.80. The van der Waals surface area contributed by atoms with Gasteiger partial charge in [-0.2, -0.15) is 5.48 Å². The summed E-state index contributed by atoms with van der Waals surface area (Å²) >= 11 is 0. The van der Waals surface area contributed by atoms with E-state index in [2.05, 4.69) is 15.4 Å². The van der Waals surface area contributed by atoms with Crippen molar-refractivity contribution >= 4 is 17.8 Å². The third-order valence-electron chi connectivity index (χ3n) is 5.80. The summed E-state index contributed by atoms with van der Waals surface area (Å²) in [4.78, 5) is 49.9. The van der Waals surface area contributed by atoms with Gasteiger partial charge < -0.3 is 14.9 Å². The average Bonchev–Trinajstić information content (AvgIpc) is 3.07. The second kappa shape index (κ2) is 9.11. The Labute approximate surface area is 176 Å². The normalized spacial score (nSPS) is 13.4. The minimum absolute atomic E-state index is 0.0470. The zero-order chi connectivity index (χ0) is 22.5. The van der Waals surface area contributed by atoms with E-state index in [0.717, 1.165) is 17.0 Å². The molecule has 0 aliphatic heterocycles. The van der Waals surface area contributed by atoms with Gasteiger partial charge in [0, 0.05) is 5.69 Å². The van der Waals surface area contributed by atoms with Crippen LogP contribution in [-0.2, 0) is 31.1 Å². The fraction of sp³-hybridized carbons (Fsp3) is 0.455. The molecule has 0 aliphatic carbocycles. The number of carbonyl (C=O) groups is 3. The molecule has 0 spiro atoms. The van der Waals surface area contributed by atoms with Crippen LogP contribution in [0.4, 0.5) is 0 Å². The number of aryl methyl sites for hydroxylation is 2. The average molecular weight is 415 g/mol. The summed E-state index contributed by atoms with van der Waals surface area (Å²) in [5, 5.41) is 9.50. The van der Waals surface area contributed by atoms with Gasteiger partial charge in [-0.3, -0.25) is 9.59 Å². The first kappa shape index (κ1) is 23.1. The van der Waals surface area contributed by atoms with Crippen molar-refractivity contribution in [2.24, 2.45) is 5.41 Å². The largest absolute Gasteiger partial charge is 0.480 e. The predicted molar refractivity (Wildman–Crippen MR) is 110 cm³/mol. The summed E-state index contributed by atoms with van der Waals surface area (Å²) in [7, 11) is 0. The van der Waals surface area contributed by atoms with Crippen LogP contribution in [0.2, 0.25) is 0 Å². The first-order valence-electron chi connectivity index (χ1n) is 9.93. The van der Waals surface area contributed by atoms with Gasteiger partial charge in [0.05, 0.1) is 5.69 Å². The summed E-state index contributed by atoms with van der Waals surface area (Å²) in [6, 6.07) is 9.41. The number of carboxylic acid groups (broad SMARTS) is 1. The number of carboxylic acids is 1. The molecule has 1 aromatic carbocycles. The number of nitrogens with one attached hydrogen (secondary N) is 2. The molecule has 162 valence electrons. The number of nitrogens with zero attached hydrogens (tertiary/aromatic N) is 1. The van der Waals surface area contributed by atoms with Crippen molar-refractivity contribution in [1.29, 1.82) is 0 Å². The lowest BCUT2D eigenvalue weighted by atomic mass is 9.81. The molecule has 2 aromatic rings. The van der Waals surface area contributed by atoms with Crippen LogP contribution in [0.25, 0.3) is 0 Å². The molecule has 30 heavy (non-hydrogen) atoms. The van der Waals surface area contributed by atoms with Crippen LogP contribution < -0.4 is 5.48 Å². The smallest absolute Gasteiger partial charge is 0.349 e. The van der Waals surface area contributed by atoms with Crippen LogP contribution in [0.1, 0.15) is 56.4 Å². The van der Waals surface area contributed by atoms with Gasteiger partial charge in [0.15, 0.2) is 5.41 Å². The number of hydrogen-bond donors (Lipinski definition) is 3. The summed E-state index contributed by atoms with van der Waals surface area (Å²) in [6.07, 6.45) is 0.395. The maximum absolute atomic E-state index is 13.2. The van der Waals surface area contributed by atoms with Gasteiger partial charge in [-0.15, -0.1) is 0 Å². The van der Waals surface area contributed by atoms with Crippen molar-refractivity contribution in [2.75, 3.05) is 0 Å². The van der Waals surface area contributed by atoms with Crippen LogP contribution >= 0.6 is 0 Å². The first-order valence-corrected chi connectivity index (χ1v) is 9.93. The molecule has 8 heteroatoms. The SMILES string of the molecule is CCC(CC)(C(=O)O)C(=O)ONC(=O)C(C)(Cc1ccccc1)c1nc(C)c(C)[nH]1. The molecule has 2 rings (SSSR count). The number of H-pyrrole nitrogens is 1. The molecule has 1 aromatic heterocycles. The van der Waals surface area contributed by atoms with Crippen LogP contribution in [0.5, 0.6) is 0 Å². The number of benzene rings is 1. The molecule has 0 saturated heterocycles. The summed E-state index contributed by atoms with van der Waals surface area (Å²) in [6.45, 7) is 8.57. The highest BCUT2D eigenvalue weighted by Crippen LogP contribution is 2.30. The lowest BCUT2D eigenvalue weighted by Crippen LogP contribution is -2.48. The Morgan fingerprint density at radius 2 is 1.73 bits per heavy atom. The Balaban J connectivity index is 2.31. The van der Waals surface area contributed by atoms with E-state index in [1.807, 2.05) is 44.2 Å². The van der Waals surface area contributed by atoms with E-state index in [4.69, 9.17) is 4.84 Å². The highest BCUT2D eigenvalue weighted by molar-refractivity contribution is 5.99. The highest BCUT2D eigenvalue weighted by Gasteiger charge is 2.46. The highest BCUT2D eigenvalue weighted by atomic mass is 16.7. The molecule has 0 radical (unpaired) electrons. The number of amides is 1. The van der Waals surface area contributed by atoms with Gasteiger partial charge in [0.25, 0.3) is 5.91 Å². The fourth-order valence-corrected chi connectivity index (χ4v) is 3.32. The minimum Gasteiger partial charge on any atom is -0.480 e. The van der Waals surface area contributed by atoms with Crippen molar-refractivity contribution in [1.82, 2.24) is 15.4 Å². The second-order valence-corrected chi connectivity index (χ2v) is 7.71. The molecule has 1 atom stereocenters. The number of aromatic nitrogens is 2. The molecule has 8 nitrogen and oxygen atoms in total. The van der Waals surface area contributed by atoms with Crippen molar-refractivity contribution < 1.29 is 24.3 Å². The number of imidazole rings is 1. The molecule has 1 unspecified atom stereocenters. The van der Waals surface area contributed by atoms with Gasteiger partial charge in [-0.25, -0.2) is 9.78 Å². The van der Waals surface area contributed by atoms with Crippen LogP contribution in [0.3, 0.4) is 0 Å². The fourth-order valence-electron chi connectivity index (χ4n) is 3.32. The maximum Gasteiger partial charge on any atom is 0.349 e.